The molecule has 1 aliphatic heterocycles. The summed E-state index contributed by atoms with van der Waals surface area (Å²) in [4.78, 5) is 40.0. The number of Topliss-reactive ketones (excluding diaryl/α,β-unsaturated/α-hetero) is 1. The summed E-state index contributed by atoms with van der Waals surface area (Å²) in [6, 6.07) is 16.8. The van der Waals surface area contributed by atoms with E-state index in [1.807, 2.05) is 38.1 Å². The lowest BCUT2D eigenvalue weighted by atomic mass is 9.94. The Morgan fingerprint density at radius 3 is 2.54 bits per heavy atom. The van der Waals surface area contributed by atoms with Crippen molar-refractivity contribution in [1.29, 1.82) is 0 Å². The topological polar surface area (TPSA) is 108 Å². The maximum Gasteiger partial charge on any atom is 0.302 e. The number of amides is 1. The van der Waals surface area contributed by atoms with E-state index in [0.717, 1.165) is 11.1 Å². The van der Waals surface area contributed by atoms with Crippen LogP contribution in [0.1, 0.15) is 42.6 Å². The molecule has 1 atom stereocenters. The number of H-pyrrole nitrogens is 1. The number of aromatic nitrogens is 3. The van der Waals surface area contributed by atoms with Gasteiger partial charge in [0.25, 0.3) is 5.78 Å². The number of hydrogen-bond donors (Lipinski definition) is 2. The summed E-state index contributed by atoms with van der Waals surface area (Å²) in [5.74, 6) is -0.870. The molecule has 1 amide bonds. The summed E-state index contributed by atoms with van der Waals surface area (Å²) >= 11 is 0. The minimum atomic E-state index is -0.957. The van der Waals surface area contributed by atoms with E-state index in [4.69, 9.17) is 4.74 Å². The second-order valence-electron chi connectivity index (χ2n) is 8.61. The Morgan fingerprint density at radius 1 is 1.09 bits per heavy atom. The van der Waals surface area contributed by atoms with Crippen molar-refractivity contribution in [3.05, 3.63) is 89.3 Å². The average molecular weight is 469 g/mol. The summed E-state index contributed by atoms with van der Waals surface area (Å²) < 4.78 is 5.45. The van der Waals surface area contributed by atoms with Crippen LogP contribution in [0.3, 0.4) is 0 Å². The number of nitrogens with one attached hydrogen (secondary N) is 1. The third-order valence-corrected chi connectivity index (χ3v) is 6.14. The molecular weight excluding hydrogens is 444 g/mol. The van der Waals surface area contributed by atoms with Crippen molar-refractivity contribution in [2.45, 2.75) is 25.8 Å². The van der Waals surface area contributed by atoms with Gasteiger partial charge in [0.05, 0.1) is 29.4 Å². The lowest BCUT2D eigenvalue weighted by molar-refractivity contribution is -0.132. The fraction of sp³-hybridized carbons (Fsp3) is 0.185. The number of carbonyl (C=O) groups excluding carboxylic acids is 2. The van der Waals surface area contributed by atoms with Gasteiger partial charge in [-0.3, -0.25) is 19.5 Å². The van der Waals surface area contributed by atoms with E-state index in [-0.39, 0.29) is 23.2 Å². The van der Waals surface area contributed by atoms with E-state index in [1.54, 1.807) is 49.7 Å². The van der Waals surface area contributed by atoms with Crippen LogP contribution in [0.25, 0.3) is 16.8 Å². The lowest BCUT2D eigenvalue weighted by Gasteiger charge is -2.22. The van der Waals surface area contributed by atoms with Gasteiger partial charge < -0.3 is 14.8 Å². The molecule has 176 valence electrons. The molecule has 8 heteroatoms. The number of aliphatic hydroxyl groups excluding tert-OH is 1. The highest BCUT2D eigenvalue weighted by Crippen LogP contribution is 2.41. The number of aliphatic hydroxyl groups is 1. The van der Waals surface area contributed by atoms with Gasteiger partial charge in [-0.15, -0.1) is 0 Å². The van der Waals surface area contributed by atoms with E-state index >= 15 is 0 Å². The van der Waals surface area contributed by atoms with Crippen LogP contribution in [0.4, 0.5) is 5.95 Å². The normalized spacial score (nSPS) is 17.5. The van der Waals surface area contributed by atoms with Crippen molar-refractivity contribution in [2.24, 2.45) is 0 Å². The first-order chi connectivity index (χ1) is 16.9. The molecule has 1 aliphatic rings. The molecule has 4 aromatic rings. The Hall–Kier alpha value is -4.46. The van der Waals surface area contributed by atoms with E-state index < -0.39 is 17.7 Å². The summed E-state index contributed by atoms with van der Waals surface area (Å²) in [6.45, 7) is 4.02. The molecule has 0 aliphatic carbocycles. The molecule has 0 bridgehead atoms. The Kier molecular flexibility index (Phi) is 5.56. The number of rotatable bonds is 5. The number of benzene rings is 2. The molecule has 0 spiro atoms. The first kappa shape index (κ1) is 22.3. The third-order valence-electron chi connectivity index (χ3n) is 6.14. The lowest BCUT2D eigenvalue weighted by Crippen LogP contribution is -2.30. The van der Waals surface area contributed by atoms with Crippen LogP contribution in [-0.4, -0.2) is 38.9 Å². The number of ether oxygens (including phenoxy) is 1. The van der Waals surface area contributed by atoms with Crippen LogP contribution in [0.15, 0.2) is 72.4 Å². The second kappa shape index (κ2) is 8.72. The zero-order valence-electron chi connectivity index (χ0n) is 19.5. The number of para-hydroxylation sites is 2. The number of pyridine rings is 1. The van der Waals surface area contributed by atoms with Crippen LogP contribution in [0.2, 0.25) is 0 Å². The Labute approximate surface area is 201 Å². The van der Waals surface area contributed by atoms with Crippen molar-refractivity contribution in [3.8, 4) is 5.75 Å². The summed E-state index contributed by atoms with van der Waals surface area (Å²) in [5, 5.41) is 11.4. The van der Waals surface area contributed by atoms with Crippen LogP contribution in [0.5, 0.6) is 5.75 Å². The van der Waals surface area contributed by atoms with Crippen molar-refractivity contribution in [3.63, 3.8) is 0 Å². The van der Waals surface area contributed by atoms with Gasteiger partial charge in [0.15, 0.2) is 0 Å². The van der Waals surface area contributed by atoms with Gasteiger partial charge in [0.1, 0.15) is 17.6 Å². The number of ketones is 1. The van der Waals surface area contributed by atoms with Crippen LogP contribution < -0.4 is 9.64 Å². The first-order valence-electron chi connectivity index (χ1n) is 11.3. The maximum absolute atomic E-state index is 13.3. The number of anilines is 1. The highest BCUT2D eigenvalue weighted by molar-refractivity contribution is 6.51. The summed E-state index contributed by atoms with van der Waals surface area (Å²) in [5.41, 5.74) is 3.05. The fourth-order valence-electron chi connectivity index (χ4n) is 4.41. The molecule has 2 aromatic carbocycles. The van der Waals surface area contributed by atoms with Gasteiger partial charge in [0, 0.05) is 11.8 Å². The Bertz CT molecular complexity index is 1440. The predicted molar refractivity (Wildman–Crippen MR) is 132 cm³/mol. The predicted octanol–water partition coefficient (Wildman–Crippen LogP) is 4.72. The molecule has 1 fully saturated rings. The van der Waals surface area contributed by atoms with E-state index in [9.17, 15) is 14.7 Å². The number of nitrogens with zero attached hydrogens (tertiary/aromatic N) is 3. The molecule has 2 N–H and O–H groups in total. The standard InChI is InChI=1S/C27H24N4O4/c1-15(2)17-14-16(11-12-21(17)35-3)24(32)22-23(20-10-6-7-13-28-20)31(26(34)25(22)33)27-29-18-8-4-5-9-19(18)30-27/h4-15,23,32H,1-3H3,(H,29,30)/b24-22+. The molecule has 1 unspecified atom stereocenters. The van der Waals surface area contributed by atoms with Crippen LogP contribution >= 0.6 is 0 Å². The number of methoxy groups -OCH3 is 1. The summed E-state index contributed by atoms with van der Waals surface area (Å²) in [6.07, 6.45) is 1.58. The highest BCUT2D eigenvalue weighted by atomic mass is 16.5. The highest BCUT2D eigenvalue weighted by Gasteiger charge is 2.48. The monoisotopic (exact) mass is 468 g/mol. The summed E-state index contributed by atoms with van der Waals surface area (Å²) in [7, 11) is 1.58. The van der Waals surface area contributed by atoms with Gasteiger partial charge >= 0.3 is 5.91 Å². The number of imidazole rings is 1. The molecule has 1 saturated heterocycles. The second-order valence-corrected chi connectivity index (χ2v) is 8.61. The van der Waals surface area contributed by atoms with Gasteiger partial charge in [-0.1, -0.05) is 32.0 Å². The van der Waals surface area contributed by atoms with Crippen molar-refractivity contribution in [2.75, 3.05) is 12.0 Å². The van der Waals surface area contributed by atoms with Crippen molar-refractivity contribution >= 4 is 34.4 Å². The molecule has 5 rings (SSSR count). The zero-order chi connectivity index (χ0) is 24.7. The van der Waals surface area contributed by atoms with Crippen LogP contribution in [-0.2, 0) is 9.59 Å². The van der Waals surface area contributed by atoms with Gasteiger partial charge in [-0.05, 0) is 53.9 Å². The van der Waals surface area contributed by atoms with Gasteiger partial charge in [-0.2, -0.15) is 0 Å². The minimum absolute atomic E-state index is 0.0472. The molecule has 8 nitrogen and oxygen atoms in total. The average Bonchev–Trinajstić information content (AvgIpc) is 3.42. The van der Waals surface area contributed by atoms with Gasteiger partial charge in [0.2, 0.25) is 5.95 Å². The molecule has 2 aromatic heterocycles. The molecule has 0 saturated carbocycles. The number of fused-ring (bicyclic) bond motifs is 1. The van der Waals surface area contributed by atoms with Crippen molar-refractivity contribution in [1.82, 2.24) is 15.0 Å². The largest absolute Gasteiger partial charge is 0.507 e. The van der Waals surface area contributed by atoms with Gasteiger partial charge in [-0.25, -0.2) is 4.98 Å². The fourth-order valence-corrected chi connectivity index (χ4v) is 4.41. The SMILES string of the molecule is COc1ccc(/C(O)=C2\C(=O)C(=O)N(c3nc4ccccc4[nH]3)C2c2ccccn2)cc1C(C)C. The Balaban J connectivity index is 1.72. The quantitative estimate of drug-likeness (QED) is 0.249. The van der Waals surface area contributed by atoms with Crippen molar-refractivity contribution < 1.29 is 19.4 Å². The van der Waals surface area contributed by atoms with E-state index in [2.05, 4.69) is 15.0 Å². The van der Waals surface area contributed by atoms with E-state index in [1.165, 1.54) is 4.90 Å². The smallest absolute Gasteiger partial charge is 0.302 e. The number of carbonyl (C=O) groups is 2. The molecule has 3 heterocycles. The first-order valence-corrected chi connectivity index (χ1v) is 11.3. The third kappa shape index (κ3) is 3.73. The maximum atomic E-state index is 13.3. The number of aromatic amines is 1. The Morgan fingerprint density at radius 2 is 1.86 bits per heavy atom. The van der Waals surface area contributed by atoms with E-state index in [0.29, 0.717) is 22.5 Å². The molecular formula is C27H24N4O4. The molecule has 35 heavy (non-hydrogen) atoms. The molecule has 0 radical (unpaired) electrons. The minimum Gasteiger partial charge on any atom is -0.507 e. The number of hydrogen-bond acceptors (Lipinski definition) is 6. The zero-order valence-corrected chi connectivity index (χ0v) is 19.5. The van der Waals surface area contributed by atoms with Crippen LogP contribution in [0, 0.1) is 0 Å².